The number of benzene rings is 1. The standard InChI is InChI=1S/C19H22N2O5S/c1-13-2-4-15(5-3-13)26-11-17-20-14(12-27-17)10-16(22)21-19(18(23)24)6-8-25-9-7-19/h2-5,12H,6-11H2,1H3,(H,21,22)(H,23,24). The van der Waals surface area contributed by atoms with E-state index in [4.69, 9.17) is 9.47 Å². The Labute approximate surface area is 161 Å². The second kappa shape index (κ2) is 8.49. The lowest BCUT2D eigenvalue weighted by Gasteiger charge is -2.33. The number of carboxylic acids is 1. The maximum atomic E-state index is 12.3. The number of amides is 1. The van der Waals surface area contributed by atoms with Gasteiger partial charge in [0.15, 0.2) is 0 Å². The fraction of sp³-hybridized carbons (Fsp3) is 0.421. The monoisotopic (exact) mass is 390 g/mol. The van der Waals surface area contributed by atoms with Crippen molar-refractivity contribution >= 4 is 23.2 Å². The third-order valence-corrected chi connectivity index (χ3v) is 5.33. The number of nitrogens with one attached hydrogen (secondary N) is 1. The van der Waals surface area contributed by atoms with Gasteiger partial charge in [-0.15, -0.1) is 11.3 Å². The minimum Gasteiger partial charge on any atom is -0.486 e. The number of aliphatic carboxylic acids is 1. The summed E-state index contributed by atoms with van der Waals surface area (Å²) in [6.45, 7) is 2.98. The van der Waals surface area contributed by atoms with E-state index < -0.39 is 11.5 Å². The van der Waals surface area contributed by atoms with Crippen molar-refractivity contribution in [2.24, 2.45) is 0 Å². The van der Waals surface area contributed by atoms with Crippen molar-refractivity contribution < 1.29 is 24.2 Å². The summed E-state index contributed by atoms with van der Waals surface area (Å²) >= 11 is 1.41. The number of aryl methyl sites for hydroxylation is 1. The van der Waals surface area contributed by atoms with Crippen LogP contribution in [0.2, 0.25) is 0 Å². The molecule has 27 heavy (non-hydrogen) atoms. The van der Waals surface area contributed by atoms with Gasteiger partial charge in [-0.3, -0.25) is 4.79 Å². The molecule has 0 aliphatic carbocycles. The van der Waals surface area contributed by atoms with E-state index in [0.29, 0.717) is 25.5 Å². The highest BCUT2D eigenvalue weighted by atomic mass is 32.1. The molecule has 0 radical (unpaired) electrons. The van der Waals surface area contributed by atoms with Crippen LogP contribution in [0.15, 0.2) is 29.6 Å². The first kappa shape index (κ1) is 19.3. The minimum atomic E-state index is -1.25. The first-order chi connectivity index (χ1) is 13.0. The summed E-state index contributed by atoms with van der Waals surface area (Å²) in [6, 6.07) is 7.75. The van der Waals surface area contributed by atoms with Crippen LogP contribution in [0, 0.1) is 6.92 Å². The zero-order valence-corrected chi connectivity index (χ0v) is 15.9. The number of carbonyl (C=O) groups excluding carboxylic acids is 1. The van der Waals surface area contributed by atoms with Gasteiger partial charge in [-0.2, -0.15) is 0 Å². The Bertz CT molecular complexity index is 797. The molecule has 1 aliphatic heterocycles. The van der Waals surface area contributed by atoms with Crippen molar-refractivity contribution in [3.8, 4) is 5.75 Å². The molecule has 8 heteroatoms. The van der Waals surface area contributed by atoms with Crippen LogP contribution in [0.5, 0.6) is 5.75 Å². The van der Waals surface area contributed by atoms with Crippen molar-refractivity contribution in [3.05, 3.63) is 45.9 Å². The van der Waals surface area contributed by atoms with Gasteiger partial charge in [0.05, 0.1) is 12.1 Å². The molecule has 7 nitrogen and oxygen atoms in total. The number of rotatable bonds is 7. The number of hydrogen-bond acceptors (Lipinski definition) is 6. The van der Waals surface area contributed by atoms with Crippen LogP contribution in [0.3, 0.4) is 0 Å². The molecule has 1 fully saturated rings. The molecule has 1 aromatic heterocycles. The van der Waals surface area contributed by atoms with Crippen molar-refractivity contribution in [1.82, 2.24) is 10.3 Å². The van der Waals surface area contributed by atoms with Crippen LogP contribution in [0.4, 0.5) is 0 Å². The highest BCUT2D eigenvalue weighted by molar-refractivity contribution is 7.09. The Morgan fingerprint density at radius 2 is 2.00 bits per heavy atom. The maximum absolute atomic E-state index is 12.3. The molecule has 0 bridgehead atoms. The van der Waals surface area contributed by atoms with Crippen LogP contribution < -0.4 is 10.1 Å². The maximum Gasteiger partial charge on any atom is 0.329 e. The summed E-state index contributed by atoms with van der Waals surface area (Å²) in [5.41, 5.74) is 0.518. The van der Waals surface area contributed by atoms with E-state index in [1.165, 1.54) is 11.3 Å². The van der Waals surface area contributed by atoms with Gasteiger partial charge in [-0.25, -0.2) is 9.78 Å². The molecule has 1 aliphatic rings. The molecule has 3 rings (SSSR count). The quantitative estimate of drug-likeness (QED) is 0.753. The summed E-state index contributed by atoms with van der Waals surface area (Å²) in [5.74, 6) is -0.613. The number of thiazole rings is 1. The SMILES string of the molecule is Cc1ccc(OCc2nc(CC(=O)NC3(C(=O)O)CCOCC3)cs2)cc1. The molecule has 2 heterocycles. The lowest BCUT2D eigenvalue weighted by molar-refractivity contribution is -0.152. The molecule has 0 spiro atoms. The third kappa shape index (κ3) is 5.05. The molecular formula is C19H22N2O5S. The van der Waals surface area contributed by atoms with Crippen LogP contribution >= 0.6 is 11.3 Å². The first-order valence-corrected chi connectivity index (χ1v) is 9.60. The van der Waals surface area contributed by atoms with E-state index in [2.05, 4.69) is 10.3 Å². The Hall–Kier alpha value is -2.45. The Morgan fingerprint density at radius 1 is 1.30 bits per heavy atom. The molecule has 144 valence electrons. The molecule has 1 aromatic carbocycles. The van der Waals surface area contributed by atoms with E-state index in [1.807, 2.05) is 31.2 Å². The third-order valence-electron chi connectivity index (χ3n) is 4.46. The lowest BCUT2D eigenvalue weighted by Crippen LogP contribution is -2.57. The van der Waals surface area contributed by atoms with Crippen molar-refractivity contribution in [1.29, 1.82) is 0 Å². The molecular weight excluding hydrogens is 368 g/mol. The topological polar surface area (TPSA) is 97.8 Å². The van der Waals surface area contributed by atoms with Crippen LogP contribution in [0.1, 0.15) is 29.1 Å². The Balaban J connectivity index is 1.54. The van der Waals surface area contributed by atoms with Gasteiger partial charge >= 0.3 is 5.97 Å². The van der Waals surface area contributed by atoms with Gasteiger partial charge in [0, 0.05) is 31.4 Å². The van der Waals surface area contributed by atoms with E-state index in [0.717, 1.165) is 16.3 Å². The van der Waals surface area contributed by atoms with Crippen molar-refractivity contribution in [3.63, 3.8) is 0 Å². The van der Waals surface area contributed by atoms with E-state index in [9.17, 15) is 14.7 Å². The lowest BCUT2D eigenvalue weighted by atomic mass is 9.90. The predicted molar refractivity (Wildman–Crippen MR) is 99.9 cm³/mol. The molecule has 1 amide bonds. The molecule has 0 saturated carbocycles. The summed E-state index contributed by atoms with van der Waals surface area (Å²) in [6.07, 6.45) is 0.568. The largest absolute Gasteiger partial charge is 0.486 e. The molecule has 2 N–H and O–H groups in total. The fourth-order valence-corrected chi connectivity index (χ4v) is 3.57. The Kier molecular flexibility index (Phi) is 6.08. The summed E-state index contributed by atoms with van der Waals surface area (Å²) in [7, 11) is 0. The van der Waals surface area contributed by atoms with Crippen LogP contribution in [0.25, 0.3) is 0 Å². The summed E-state index contributed by atoms with van der Waals surface area (Å²) < 4.78 is 10.9. The number of nitrogens with zero attached hydrogens (tertiary/aromatic N) is 1. The summed E-state index contributed by atoms with van der Waals surface area (Å²) in [5, 5.41) is 14.7. The minimum absolute atomic E-state index is 0.0386. The van der Waals surface area contributed by atoms with Gasteiger partial charge < -0.3 is 19.9 Å². The molecule has 0 atom stereocenters. The van der Waals surface area contributed by atoms with Crippen LogP contribution in [-0.2, 0) is 27.4 Å². The average molecular weight is 390 g/mol. The molecule has 0 unspecified atom stereocenters. The zero-order chi connectivity index (χ0) is 19.3. The van der Waals surface area contributed by atoms with Crippen molar-refractivity contribution in [2.45, 2.75) is 38.3 Å². The van der Waals surface area contributed by atoms with Gasteiger partial charge in [-0.05, 0) is 19.1 Å². The average Bonchev–Trinajstić information content (AvgIpc) is 3.09. The highest BCUT2D eigenvalue weighted by Crippen LogP contribution is 2.22. The van der Waals surface area contributed by atoms with E-state index in [1.54, 1.807) is 5.38 Å². The summed E-state index contributed by atoms with van der Waals surface area (Å²) in [4.78, 5) is 28.3. The number of aromatic nitrogens is 1. The van der Waals surface area contributed by atoms with Crippen molar-refractivity contribution in [2.75, 3.05) is 13.2 Å². The van der Waals surface area contributed by atoms with Gasteiger partial charge in [0.25, 0.3) is 0 Å². The smallest absolute Gasteiger partial charge is 0.329 e. The second-order valence-corrected chi connectivity index (χ2v) is 7.50. The normalized spacial score (nSPS) is 15.9. The van der Waals surface area contributed by atoms with Crippen LogP contribution in [-0.4, -0.2) is 40.7 Å². The number of carboxylic acid groups (broad SMARTS) is 1. The number of ether oxygens (including phenoxy) is 2. The fourth-order valence-electron chi connectivity index (χ4n) is 2.86. The van der Waals surface area contributed by atoms with E-state index in [-0.39, 0.29) is 25.2 Å². The second-order valence-electron chi connectivity index (χ2n) is 6.56. The molecule has 2 aromatic rings. The van der Waals surface area contributed by atoms with Gasteiger partial charge in [0.2, 0.25) is 5.91 Å². The predicted octanol–water partition coefficient (Wildman–Crippen LogP) is 2.32. The highest BCUT2D eigenvalue weighted by Gasteiger charge is 2.41. The van der Waals surface area contributed by atoms with Gasteiger partial charge in [-0.1, -0.05) is 17.7 Å². The van der Waals surface area contributed by atoms with Gasteiger partial charge in [0.1, 0.15) is 22.9 Å². The van der Waals surface area contributed by atoms with E-state index >= 15 is 0 Å². The molecule has 1 saturated heterocycles. The first-order valence-electron chi connectivity index (χ1n) is 8.72. The number of carbonyl (C=O) groups is 2. The zero-order valence-electron chi connectivity index (χ0n) is 15.1. The number of hydrogen-bond donors (Lipinski definition) is 2. The Morgan fingerprint density at radius 3 is 2.67 bits per heavy atom.